The van der Waals surface area contributed by atoms with Crippen LogP contribution in [0.3, 0.4) is 0 Å². The summed E-state index contributed by atoms with van der Waals surface area (Å²) in [6, 6.07) is 6.67. The standard InChI is InChI=1S/C25H27ClN4O4/c1-15-10-22(31)21(17(3)33-15)13-28-25(32)20-11-18(26)12-23(16(20)2)34-19-5-8-30(9-6-19)24-4-7-27-14-29-24/h4,7,10-12,14,19H,5-6,8-9,13H2,1-3H3,(H,28,32). The molecule has 4 rings (SSSR count). The Hall–Kier alpha value is -3.39. The van der Waals surface area contributed by atoms with Crippen molar-refractivity contribution in [1.82, 2.24) is 15.3 Å². The van der Waals surface area contributed by atoms with Crippen LogP contribution < -0.4 is 20.4 Å². The van der Waals surface area contributed by atoms with Crippen molar-refractivity contribution in [2.75, 3.05) is 18.0 Å². The second kappa shape index (κ2) is 10.3. The van der Waals surface area contributed by atoms with Gasteiger partial charge in [-0.3, -0.25) is 9.59 Å². The SMILES string of the molecule is Cc1cc(=O)c(CNC(=O)c2cc(Cl)cc(OC3CCN(c4ccncn4)CC3)c2C)c(C)o1. The molecule has 1 saturated heterocycles. The van der Waals surface area contributed by atoms with Crippen LogP contribution in [0.1, 0.15) is 45.8 Å². The zero-order chi connectivity index (χ0) is 24.2. The lowest BCUT2D eigenvalue weighted by atomic mass is 10.0. The molecule has 8 nitrogen and oxygen atoms in total. The van der Waals surface area contributed by atoms with Gasteiger partial charge in [-0.15, -0.1) is 0 Å². The number of aromatic nitrogens is 2. The zero-order valence-corrected chi connectivity index (χ0v) is 20.2. The van der Waals surface area contributed by atoms with Crippen LogP contribution in [0.5, 0.6) is 5.75 Å². The normalized spacial score (nSPS) is 14.2. The molecule has 178 valence electrons. The molecule has 9 heteroatoms. The summed E-state index contributed by atoms with van der Waals surface area (Å²) >= 11 is 6.32. The average molecular weight is 483 g/mol. The lowest BCUT2D eigenvalue weighted by Crippen LogP contribution is -2.38. The lowest BCUT2D eigenvalue weighted by Gasteiger charge is -2.33. The van der Waals surface area contributed by atoms with Crippen LogP contribution in [0.4, 0.5) is 5.82 Å². The van der Waals surface area contributed by atoms with E-state index in [1.54, 1.807) is 38.5 Å². The molecular formula is C25H27ClN4O4. The monoisotopic (exact) mass is 482 g/mol. The molecule has 1 aromatic carbocycles. The largest absolute Gasteiger partial charge is 0.490 e. The van der Waals surface area contributed by atoms with Crippen molar-refractivity contribution >= 4 is 23.3 Å². The minimum atomic E-state index is -0.331. The van der Waals surface area contributed by atoms with Crippen LogP contribution in [0.15, 0.2) is 46.0 Å². The molecule has 0 aliphatic carbocycles. The fourth-order valence-corrected chi connectivity index (χ4v) is 4.33. The van der Waals surface area contributed by atoms with Gasteiger partial charge >= 0.3 is 0 Å². The first kappa shape index (κ1) is 23.8. The highest BCUT2D eigenvalue weighted by Gasteiger charge is 2.23. The second-order valence-electron chi connectivity index (χ2n) is 8.39. The number of hydrogen-bond acceptors (Lipinski definition) is 7. The highest BCUT2D eigenvalue weighted by atomic mass is 35.5. The van der Waals surface area contributed by atoms with Crippen molar-refractivity contribution in [2.24, 2.45) is 0 Å². The number of nitrogens with one attached hydrogen (secondary N) is 1. The van der Waals surface area contributed by atoms with Crippen molar-refractivity contribution in [3.8, 4) is 5.75 Å². The van der Waals surface area contributed by atoms with E-state index in [1.165, 1.54) is 6.07 Å². The summed E-state index contributed by atoms with van der Waals surface area (Å²) in [6.45, 7) is 6.95. The zero-order valence-electron chi connectivity index (χ0n) is 19.4. The van der Waals surface area contributed by atoms with Crippen molar-refractivity contribution in [3.05, 3.63) is 80.2 Å². The summed E-state index contributed by atoms with van der Waals surface area (Å²) in [6.07, 6.45) is 4.93. The summed E-state index contributed by atoms with van der Waals surface area (Å²) in [5.41, 5.74) is 1.37. The van der Waals surface area contributed by atoms with Gasteiger partial charge in [-0.1, -0.05) is 11.6 Å². The molecule has 34 heavy (non-hydrogen) atoms. The Balaban J connectivity index is 1.43. The minimum Gasteiger partial charge on any atom is -0.490 e. The van der Waals surface area contributed by atoms with E-state index < -0.39 is 0 Å². The molecular weight excluding hydrogens is 456 g/mol. The Morgan fingerprint density at radius 1 is 1.24 bits per heavy atom. The Morgan fingerprint density at radius 3 is 2.68 bits per heavy atom. The van der Waals surface area contributed by atoms with E-state index in [4.69, 9.17) is 20.8 Å². The van der Waals surface area contributed by atoms with Gasteiger partial charge in [0.25, 0.3) is 5.91 Å². The number of nitrogens with zero attached hydrogens (tertiary/aromatic N) is 3. The van der Waals surface area contributed by atoms with E-state index in [-0.39, 0.29) is 24.0 Å². The predicted molar refractivity (Wildman–Crippen MR) is 130 cm³/mol. The van der Waals surface area contributed by atoms with E-state index in [2.05, 4.69) is 20.2 Å². The topological polar surface area (TPSA) is 97.6 Å². The Bertz CT molecular complexity index is 1240. The highest BCUT2D eigenvalue weighted by Crippen LogP contribution is 2.30. The molecule has 2 aromatic heterocycles. The van der Waals surface area contributed by atoms with Gasteiger partial charge in [-0.2, -0.15) is 0 Å². The average Bonchev–Trinajstić information content (AvgIpc) is 2.81. The number of hydrogen-bond donors (Lipinski definition) is 1. The Morgan fingerprint density at radius 2 is 2.00 bits per heavy atom. The Kier molecular flexibility index (Phi) is 7.17. The van der Waals surface area contributed by atoms with Crippen LogP contribution >= 0.6 is 11.6 Å². The van der Waals surface area contributed by atoms with Gasteiger partial charge in [-0.25, -0.2) is 9.97 Å². The summed E-state index contributed by atoms with van der Waals surface area (Å²) < 4.78 is 11.8. The molecule has 1 aliphatic heterocycles. The molecule has 3 heterocycles. The molecule has 0 saturated carbocycles. The molecule has 3 aromatic rings. The number of halogens is 1. The third-order valence-corrected chi connectivity index (χ3v) is 6.21. The number of carbonyl (C=O) groups is 1. The van der Waals surface area contributed by atoms with Crippen molar-refractivity contribution < 1.29 is 13.9 Å². The maximum absolute atomic E-state index is 12.9. The quantitative estimate of drug-likeness (QED) is 0.567. The number of rotatable bonds is 6. The molecule has 1 aliphatic rings. The first-order valence-electron chi connectivity index (χ1n) is 11.2. The third-order valence-electron chi connectivity index (χ3n) is 5.99. The van der Waals surface area contributed by atoms with Gasteiger partial charge in [-0.05, 0) is 39.0 Å². The smallest absolute Gasteiger partial charge is 0.252 e. The van der Waals surface area contributed by atoms with Crippen LogP contribution in [0.2, 0.25) is 5.02 Å². The van der Waals surface area contributed by atoms with Gasteiger partial charge in [0.2, 0.25) is 0 Å². The van der Waals surface area contributed by atoms with E-state index in [9.17, 15) is 9.59 Å². The molecule has 1 amide bonds. The number of carbonyl (C=O) groups excluding carboxylic acids is 1. The number of aryl methyl sites for hydroxylation is 2. The summed E-state index contributed by atoms with van der Waals surface area (Å²) in [4.78, 5) is 35.7. The molecule has 0 atom stereocenters. The molecule has 0 unspecified atom stereocenters. The third kappa shape index (κ3) is 5.39. The maximum Gasteiger partial charge on any atom is 0.252 e. The number of amides is 1. The Labute approximate surface area is 202 Å². The molecule has 1 fully saturated rings. The van der Waals surface area contributed by atoms with Crippen molar-refractivity contribution in [1.29, 1.82) is 0 Å². The van der Waals surface area contributed by atoms with E-state index in [1.807, 2.05) is 13.0 Å². The maximum atomic E-state index is 12.9. The molecule has 0 spiro atoms. The predicted octanol–water partition coefficient (Wildman–Crippen LogP) is 3.99. The summed E-state index contributed by atoms with van der Waals surface area (Å²) in [5, 5.41) is 3.22. The van der Waals surface area contributed by atoms with Crippen molar-refractivity contribution in [2.45, 2.75) is 46.3 Å². The number of anilines is 1. The van der Waals surface area contributed by atoms with Gasteiger partial charge in [0.1, 0.15) is 35.5 Å². The first-order valence-corrected chi connectivity index (χ1v) is 11.6. The lowest BCUT2D eigenvalue weighted by molar-refractivity contribution is 0.0948. The fraction of sp³-hybridized carbons (Fsp3) is 0.360. The molecule has 0 radical (unpaired) electrons. The van der Waals surface area contributed by atoms with Gasteiger partial charge in [0.05, 0.1) is 12.1 Å². The van der Waals surface area contributed by atoms with Crippen LogP contribution in [-0.4, -0.2) is 35.1 Å². The van der Waals surface area contributed by atoms with E-state index >= 15 is 0 Å². The van der Waals surface area contributed by atoms with Gasteiger partial charge in [0, 0.05) is 54.3 Å². The van der Waals surface area contributed by atoms with E-state index in [0.29, 0.717) is 39.0 Å². The summed E-state index contributed by atoms with van der Waals surface area (Å²) in [5.74, 6) is 2.19. The molecule has 0 bridgehead atoms. The number of piperidine rings is 1. The molecule has 1 N–H and O–H groups in total. The fourth-order valence-electron chi connectivity index (χ4n) is 4.12. The minimum absolute atomic E-state index is 0.00556. The number of benzene rings is 1. The van der Waals surface area contributed by atoms with Crippen molar-refractivity contribution in [3.63, 3.8) is 0 Å². The highest BCUT2D eigenvalue weighted by molar-refractivity contribution is 6.31. The van der Waals surface area contributed by atoms with Crippen LogP contribution in [0.25, 0.3) is 0 Å². The van der Waals surface area contributed by atoms with Gasteiger partial charge in [0.15, 0.2) is 5.43 Å². The van der Waals surface area contributed by atoms with Crippen LogP contribution in [0, 0.1) is 20.8 Å². The number of ether oxygens (including phenoxy) is 1. The first-order chi connectivity index (χ1) is 16.3. The second-order valence-corrected chi connectivity index (χ2v) is 8.82. The summed E-state index contributed by atoms with van der Waals surface area (Å²) in [7, 11) is 0. The van der Waals surface area contributed by atoms with Crippen LogP contribution in [-0.2, 0) is 6.54 Å². The van der Waals surface area contributed by atoms with E-state index in [0.717, 1.165) is 31.7 Å². The van der Waals surface area contributed by atoms with Gasteiger partial charge < -0.3 is 19.4 Å².